The number of rotatable bonds is 3. The summed E-state index contributed by atoms with van der Waals surface area (Å²) < 4.78 is 5.83. The minimum absolute atomic E-state index is 0.270. The summed E-state index contributed by atoms with van der Waals surface area (Å²) in [5.74, 6) is 0.644. The van der Waals surface area contributed by atoms with Gasteiger partial charge in [-0.25, -0.2) is 0 Å². The number of nitrogens with zero attached hydrogens (tertiary/aromatic N) is 1. The Hall–Kier alpha value is -1.48. The molecule has 0 aliphatic carbocycles. The zero-order valence-corrected chi connectivity index (χ0v) is 13.1. The lowest BCUT2D eigenvalue weighted by Gasteiger charge is -2.11. The number of fused-ring (bicyclic) bond motifs is 1. The Balaban J connectivity index is 1.94. The first-order chi connectivity index (χ1) is 10.2. The fraction of sp³-hybridized carbons (Fsp3) is 0.0625. The zero-order chi connectivity index (χ0) is 14.8. The third-order valence-corrected chi connectivity index (χ3v) is 4.15. The summed E-state index contributed by atoms with van der Waals surface area (Å²) in [6.45, 7) is 0.270. The molecule has 0 spiro atoms. The average molecular weight is 339 g/mol. The van der Waals surface area contributed by atoms with Crippen LogP contribution >= 0.6 is 34.8 Å². The van der Waals surface area contributed by atoms with E-state index in [1.807, 2.05) is 12.1 Å². The standard InChI is InChI=1S/C16H10Cl3NO/c17-12-4-1-5-13(18)11(12)9-21-15-7-6-14(19)10-3-2-8-20-16(10)15/h1-8H,9H2. The van der Waals surface area contributed by atoms with E-state index < -0.39 is 0 Å². The number of pyridine rings is 1. The summed E-state index contributed by atoms with van der Waals surface area (Å²) in [5.41, 5.74) is 1.47. The third-order valence-electron chi connectivity index (χ3n) is 3.11. The monoisotopic (exact) mass is 337 g/mol. The van der Waals surface area contributed by atoms with Crippen molar-refractivity contribution >= 4 is 45.7 Å². The molecule has 0 amide bonds. The van der Waals surface area contributed by atoms with Crippen LogP contribution in [-0.2, 0) is 6.61 Å². The van der Waals surface area contributed by atoms with Gasteiger partial charge < -0.3 is 4.74 Å². The van der Waals surface area contributed by atoms with Crippen molar-refractivity contribution in [3.05, 3.63) is 69.3 Å². The molecule has 0 saturated heterocycles. The molecule has 0 atom stereocenters. The van der Waals surface area contributed by atoms with Gasteiger partial charge in [-0.05, 0) is 36.4 Å². The maximum absolute atomic E-state index is 6.16. The van der Waals surface area contributed by atoms with Gasteiger partial charge in [-0.2, -0.15) is 0 Å². The largest absolute Gasteiger partial charge is 0.487 e. The zero-order valence-electron chi connectivity index (χ0n) is 10.8. The smallest absolute Gasteiger partial charge is 0.146 e. The van der Waals surface area contributed by atoms with Crippen LogP contribution in [0.4, 0.5) is 0 Å². The SMILES string of the molecule is Clc1cccc(Cl)c1COc1ccc(Cl)c2cccnc12. The predicted molar refractivity (Wildman–Crippen MR) is 87.5 cm³/mol. The van der Waals surface area contributed by atoms with E-state index in [1.165, 1.54) is 0 Å². The maximum Gasteiger partial charge on any atom is 0.146 e. The first-order valence-corrected chi connectivity index (χ1v) is 7.39. The van der Waals surface area contributed by atoms with Gasteiger partial charge in [0.2, 0.25) is 0 Å². The van der Waals surface area contributed by atoms with Crippen LogP contribution < -0.4 is 4.74 Å². The Kier molecular flexibility index (Phi) is 4.20. The predicted octanol–water partition coefficient (Wildman–Crippen LogP) is 5.77. The summed E-state index contributed by atoms with van der Waals surface area (Å²) in [7, 11) is 0. The van der Waals surface area contributed by atoms with Crippen LogP contribution in [0, 0.1) is 0 Å². The molecular formula is C16H10Cl3NO. The normalized spacial score (nSPS) is 10.8. The molecule has 106 valence electrons. The quantitative estimate of drug-likeness (QED) is 0.604. The molecule has 0 radical (unpaired) electrons. The van der Waals surface area contributed by atoms with Gasteiger partial charge in [0.05, 0.1) is 5.02 Å². The van der Waals surface area contributed by atoms with Gasteiger partial charge in [-0.15, -0.1) is 0 Å². The highest BCUT2D eigenvalue weighted by Crippen LogP contribution is 2.31. The second-order valence-electron chi connectivity index (χ2n) is 4.43. The second-order valence-corrected chi connectivity index (χ2v) is 5.66. The van der Waals surface area contributed by atoms with Crippen LogP contribution in [0.2, 0.25) is 15.1 Å². The molecule has 0 saturated carbocycles. The Labute approximate surface area is 137 Å². The van der Waals surface area contributed by atoms with Crippen molar-refractivity contribution in [3.63, 3.8) is 0 Å². The molecule has 0 bridgehead atoms. The molecule has 1 aromatic heterocycles. The van der Waals surface area contributed by atoms with Crippen molar-refractivity contribution in [3.8, 4) is 5.75 Å². The third kappa shape index (κ3) is 2.93. The van der Waals surface area contributed by atoms with Gasteiger partial charge in [0.15, 0.2) is 0 Å². The number of ether oxygens (including phenoxy) is 1. The fourth-order valence-electron chi connectivity index (χ4n) is 2.05. The minimum atomic E-state index is 0.270. The number of halogens is 3. The first-order valence-electron chi connectivity index (χ1n) is 6.26. The summed E-state index contributed by atoms with van der Waals surface area (Å²) in [6.07, 6.45) is 1.70. The van der Waals surface area contributed by atoms with E-state index in [0.29, 0.717) is 26.3 Å². The Morgan fingerprint density at radius 3 is 2.38 bits per heavy atom. The van der Waals surface area contributed by atoms with Crippen molar-refractivity contribution in [2.45, 2.75) is 6.61 Å². The lowest BCUT2D eigenvalue weighted by molar-refractivity contribution is 0.309. The summed E-state index contributed by atoms with van der Waals surface area (Å²) in [5, 5.41) is 2.64. The molecule has 3 rings (SSSR count). The second kappa shape index (κ2) is 6.10. The Morgan fingerprint density at radius 2 is 1.62 bits per heavy atom. The topological polar surface area (TPSA) is 22.1 Å². The Bertz CT molecular complexity index is 784. The molecule has 21 heavy (non-hydrogen) atoms. The van der Waals surface area contributed by atoms with E-state index in [-0.39, 0.29) is 6.61 Å². The van der Waals surface area contributed by atoms with E-state index in [4.69, 9.17) is 39.5 Å². The highest BCUT2D eigenvalue weighted by molar-refractivity contribution is 6.36. The molecule has 5 heteroatoms. The molecule has 2 aromatic carbocycles. The van der Waals surface area contributed by atoms with Crippen LogP contribution in [0.25, 0.3) is 10.9 Å². The molecule has 2 nitrogen and oxygen atoms in total. The lowest BCUT2D eigenvalue weighted by atomic mass is 10.2. The minimum Gasteiger partial charge on any atom is -0.487 e. The highest BCUT2D eigenvalue weighted by Gasteiger charge is 2.10. The van der Waals surface area contributed by atoms with Crippen LogP contribution in [0.3, 0.4) is 0 Å². The van der Waals surface area contributed by atoms with E-state index in [0.717, 1.165) is 10.9 Å². The van der Waals surface area contributed by atoms with Crippen LogP contribution in [0.5, 0.6) is 5.75 Å². The van der Waals surface area contributed by atoms with Crippen molar-refractivity contribution in [1.82, 2.24) is 4.98 Å². The van der Waals surface area contributed by atoms with E-state index in [1.54, 1.807) is 36.5 Å². The molecule has 0 fully saturated rings. The number of aromatic nitrogens is 1. The van der Waals surface area contributed by atoms with Crippen LogP contribution in [0.15, 0.2) is 48.7 Å². The molecule has 0 unspecified atom stereocenters. The fourth-order valence-corrected chi connectivity index (χ4v) is 2.77. The molecule has 1 heterocycles. The van der Waals surface area contributed by atoms with Crippen molar-refractivity contribution < 1.29 is 4.74 Å². The molecule has 0 aliphatic rings. The summed E-state index contributed by atoms with van der Waals surface area (Å²) in [4.78, 5) is 4.32. The van der Waals surface area contributed by atoms with Gasteiger partial charge in [-0.1, -0.05) is 40.9 Å². The van der Waals surface area contributed by atoms with Crippen LogP contribution in [-0.4, -0.2) is 4.98 Å². The van der Waals surface area contributed by atoms with Crippen molar-refractivity contribution in [2.24, 2.45) is 0 Å². The molecular weight excluding hydrogens is 329 g/mol. The maximum atomic E-state index is 6.16. The number of hydrogen-bond donors (Lipinski definition) is 0. The van der Waals surface area contributed by atoms with Crippen LogP contribution in [0.1, 0.15) is 5.56 Å². The lowest BCUT2D eigenvalue weighted by Crippen LogP contribution is -1.98. The summed E-state index contributed by atoms with van der Waals surface area (Å²) >= 11 is 18.4. The van der Waals surface area contributed by atoms with Gasteiger partial charge in [0.1, 0.15) is 17.9 Å². The summed E-state index contributed by atoms with van der Waals surface area (Å²) in [6, 6.07) is 12.7. The van der Waals surface area contributed by atoms with Gasteiger partial charge in [-0.3, -0.25) is 4.98 Å². The van der Waals surface area contributed by atoms with E-state index in [2.05, 4.69) is 4.98 Å². The van der Waals surface area contributed by atoms with E-state index in [9.17, 15) is 0 Å². The molecule has 3 aromatic rings. The van der Waals surface area contributed by atoms with Gasteiger partial charge in [0, 0.05) is 27.2 Å². The van der Waals surface area contributed by atoms with E-state index >= 15 is 0 Å². The van der Waals surface area contributed by atoms with Gasteiger partial charge in [0.25, 0.3) is 0 Å². The van der Waals surface area contributed by atoms with Crippen molar-refractivity contribution in [1.29, 1.82) is 0 Å². The highest BCUT2D eigenvalue weighted by atomic mass is 35.5. The first kappa shape index (κ1) is 14.5. The molecule has 0 aliphatic heterocycles. The number of hydrogen-bond acceptors (Lipinski definition) is 2. The number of benzene rings is 2. The van der Waals surface area contributed by atoms with Gasteiger partial charge >= 0.3 is 0 Å². The van der Waals surface area contributed by atoms with Crippen molar-refractivity contribution in [2.75, 3.05) is 0 Å². The Morgan fingerprint density at radius 1 is 0.857 bits per heavy atom. The average Bonchev–Trinajstić information content (AvgIpc) is 2.49. The molecule has 0 N–H and O–H groups in total.